The maximum Gasteiger partial charge on any atom is 0.153 e. The minimum Gasteiger partial charge on any atom is -0.487 e. The van der Waals surface area contributed by atoms with Crippen molar-refractivity contribution in [1.29, 1.82) is 0 Å². The molecule has 0 spiro atoms. The van der Waals surface area contributed by atoms with Gasteiger partial charge in [0.05, 0.1) is 10.6 Å². The largest absolute Gasteiger partial charge is 0.487 e. The van der Waals surface area contributed by atoms with Gasteiger partial charge in [-0.2, -0.15) is 0 Å². The topological polar surface area (TPSA) is 26.3 Å². The molecular weight excluding hydrogens is 351 g/mol. The third-order valence-electron chi connectivity index (χ3n) is 2.51. The van der Waals surface area contributed by atoms with Crippen LogP contribution in [0.3, 0.4) is 0 Å². The minimum atomic E-state index is 0.247. The summed E-state index contributed by atoms with van der Waals surface area (Å²) >= 11 is 15.4. The second-order valence-corrected chi connectivity index (χ2v) is 5.53. The molecule has 0 aromatic heterocycles. The van der Waals surface area contributed by atoms with Gasteiger partial charge in [0.1, 0.15) is 12.4 Å². The van der Waals surface area contributed by atoms with Crippen LogP contribution in [0, 0.1) is 0 Å². The van der Waals surface area contributed by atoms with Crippen molar-refractivity contribution >= 4 is 45.4 Å². The Morgan fingerprint density at radius 3 is 2.63 bits per heavy atom. The molecule has 2 nitrogen and oxygen atoms in total. The average molecular weight is 360 g/mol. The molecule has 0 heterocycles. The second kappa shape index (κ2) is 6.42. The quantitative estimate of drug-likeness (QED) is 0.706. The normalized spacial score (nSPS) is 10.3. The first-order valence-corrected chi connectivity index (χ1v) is 6.97. The van der Waals surface area contributed by atoms with E-state index in [-0.39, 0.29) is 6.61 Å². The monoisotopic (exact) mass is 358 g/mol. The molecule has 0 N–H and O–H groups in total. The van der Waals surface area contributed by atoms with Gasteiger partial charge in [-0.15, -0.1) is 0 Å². The molecule has 2 rings (SSSR count). The Morgan fingerprint density at radius 1 is 1.16 bits per heavy atom. The SMILES string of the molecule is O=Cc1cccc(Cl)c1OCc1ccc(Br)cc1Cl. The molecule has 0 radical (unpaired) electrons. The molecule has 2 aromatic rings. The van der Waals surface area contributed by atoms with E-state index >= 15 is 0 Å². The van der Waals surface area contributed by atoms with Gasteiger partial charge in [-0.3, -0.25) is 4.79 Å². The lowest BCUT2D eigenvalue weighted by Crippen LogP contribution is -1.99. The van der Waals surface area contributed by atoms with Crippen molar-refractivity contribution in [2.75, 3.05) is 0 Å². The lowest BCUT2D eigenvalue weighted by atomic mass is 10.2. The molecule has 0 saturated carbocycles. The van der Waals surface area contributed by atoms with Gasteiger partial charge in [0.15, 0.2) is 6.29 Å². The highest BCUT2D eigenvalue weighted by Gasteiger charge is 2.09. The summed E-state index contributed by atoms with van der Waals surface area (Å²) in [5.41, 5.74) is 1.24. The first-order valence-electron chi connectivity index (χ1n) is 5.42. The Kier molecular flexibility index (Phi) is 4.86. The van der Waals surface area contributed by atoms with Crippen LogP contribution in [0.25, 0.3) is 0 Å². The predicted molar refractivity (Wildman–Crippen MR) is 80.3 cm³/mol. The number of ether oxygens (including phenoxy) is 1. The summed E-state index contributed by atoms with van der Waals surface area (Å²) in [7, 11) is 0. The summed E-state index contributed by atoms with van der Waals surface area (Å²) in [6, 6.07) is 10.5. The summed E-state index contributed by atoms with van der Waals surface area (Å²) in [4.78, 5) is 10.9. The molecule has 0 atom stereocenters. The number of benzene rings is 2. The van der Waals surface area contributed by atoms with Crippen LogP contribution in [0.2, 0.25) is 10.0 Å². The van der Waals surface area contributed by atoms with Crippen LogP contribution < -0.4 is 4.74 Å². The lowest BCUT2D eigenvalue weighted by Gasteiger charge is -2.11. The minimum absolute atomic E-state index is 0.247. The van der Waals surface area contributed by atoms with E-state index in [0.29, 0.717) is 27.6 Å². The van der Waals surface area contributed by atoms with Gasteiger partial charge in [-0.25, -0.2) is 0 Å². The van der Waals surface area contributed by atoms with Crippen LogP contribution in [0.1, 0.15) is 15.9 Å². The number of hydrogen-bond acceptors (Lipinski definition) is 2. The third-order valence-corrected chi connectivity index (χ3v) is 3.65. The van der Waals surface area contributed by atoms with Crippen molar-refractivity contribution in [3.63, 3.8) is 0 Å². The molecule has 0 unspecified atom stereocenters. The number of halogens is 3. The van der Waals surface area contributed by atoms with Gasteiger partial charge in [0, 0.05) is 15.1 Å². The number of para-hydroxylation sites is 1. The molecule has 0 aliphatic carbocycles. The zero-order valence-corrected chi connectivity index (χ0v) is 12.8. The van der Waals surface area contributed by atoms with Crippen LogP contribution in [0.15, 0.2) is 40.9 Å². The lowest BCUT2D eigenvalue weighted by molar-refractivity contribution is 0.111. The first-order chi connectivity index (χ1) is 9.11. The maximum absolute atomic E-state index is 10.9. The Morgan fingerprint density at radius 2 is 1.95 bits per heavy atom. The molecule has 0 aliphatic rings. The summed E-state index contributed by atoms with van der Waals surface area (Å²) in [5, 5.41) is 0.993. The standard InChI is InChI=1S/C14H9BrCl2O2/c15-11-5-4-10(13(17)6-11)8-19-14-9(7-18)2-1-3-12(14)16/h1-7H,8H2. The van der Waals surface area contributed by atoms with Crippen molar-refractivity contribution in [3.8, 4) is 5.75 Å². The van der Waals surface area contributed by atoms with Crippen molar-refractivity contribution in [2.24, 2.45) is 0 Å². The predicted octanol–water partition coefficient (Wildman–Crippen LogP) is 5.15. The van der Waals surface area contributed by atoms with Crippen LogP contribution in [0.5, 0.6) is 5.75 Å². The highest BCUT2D eigenvalue weighted by atomic mass is 79.9. The Labute approximate surface area is 129 Å². The van der Waals surface area contributed by atoms with E-state index in [1.807, 2.05) is 12.1 Å². The molecule has 0 bridgehead atoms. The fourth-order valence-corrected chi connectivity index (χ4v) is 2.52. The van der Waals surface area contributed by atoms with Crippen LogP contribution >= 0.6 is 39.1 Å². The number of rotatable bonds is 4. The molecule has 0 amide bonds. The van der Waals surface area contributed by atoms with Crippen LogP contribution in [-0.2, 0) is 6.61 Å². The van der Waals surface area contributed by atoms with Gasteiger partial charge in [-0.05, 0) is 24.3 Å². The zero-order valence-electron chi connectivity index (χ0n) is 9.70. The van der Waals surface area contributed by atoms with E-state index in [9.17, 15) is 4.79 Å². The van der Waals surface area contributed by atoms with Gasteiger partial charge < -0.3 is 4.74 Å². The van der Waals surface area contributed by atoms with Crippen molar-refractivity contribution in [2.45, 2.75) is 6.61 Å². The molecule has 0 fully saturated rings. The Bertz CT molecular complexity index is 614. The van der Waals surface area contributed by atoms with Crippen molar-refractivity contribution in [3.05, 3.63) is 62.0 Å². The third kappa shape index (κ3) is 3.50. The van der Waals surface area contributed by atoms with E-state index in [4.69, 9.17) is 27.9 Å². The maximum atomic E-state index is 10.9. The Balaban J connectivity index is 2.21. The highest BCUT2D eigenvalue weighted by molar-refractivity contribution is 9.10. The van der Waals surface area contributed by atoms with Crippen molar-refractivity contribution in [1.82, 2.24) is 0 Å². The molecule has 0 aliphatic heterocycles. The van der Waals surface area contributed by atoms with Gasteiger partial charge in [-0.1, -0.05) is 51.3 Å². The molecule has 2 aromatic carbocycles. The fraction of sp³-hybridized carbons (Fsp3) is 0.0714. The summed E-state index contributed by atoms with van der Waals surface area (Å²) in [6.07, 6.45) is 0.713. The van der Waals surface area contributed by atoms with E-state index in [2.05, 4.69) is 15.9 Å². The van der Waals surface area contributed by atoms with E-state index in [1.54, 1.807) is 24.3 Å². The second-order valence-electron chi connectivity index (χ2n) is 3.80. The fourth-order valence-electron chi connectivity index (χ4n) is 1.56. The highest BCUT2D eigenvalue weighted by Crippen LogP contribution is 2.29. The van der Waals surface area contributed by atoms with Gasteiger partial charge in [0.2, 0.25) is 0 Å². The summed E-state index contributed by atoms with van der Waals surface area (Å²) < 4.78 is 6.50. The van der Waals surface area contributed by atoms with Crippen molar-refractivity contribution < 1.29 is 9.53 Å². The summed E-state index contributed by atoms with van der Waals surface area (Å²) in [5.74, 6) is 0.373. The molecule has 98 valence electrons. The number of carbonyl (C=O) groups is 1. The first kappa shape index (κ1) is 14.4. The molecule has 0 saturated heterocycles. The van der Waals surface area contributed by atoms with E-state index < -0.39 is 0 Å². The van der Waals surface area contributed by atoms with Crippen LogP contribution in [0.4, 0.5) is 0 Å². The number of aldehydes is 1. The van der Waals surface area contributed by atoms with E-state index in [1.165, 1.54) is 0 Å². The number of hydrogen-bond donors (Lipinski definition) is 0. The van der Waals surface area contributed by atoms with Crippen LogP contribution in [-0.4, -0.2) is 6.29 Å². The molecular formula is C14H9BrCl2O2. The zero-order chi connectivity index (χ0) is 13.8. The number of carbonyl (C=O) groups excluding carboxylic acids is 1. The summed E-state index contributed by atoms with van der Waals surface area (Å²) in [6.45, 7) is 0.247. The van der Waals surface area contributed by atoms with Gasteiger partial charge >= 0.3 is 0 Å². The van der Waals surface area contributed by atoms with E-state index in [0.717, 1.165) is 10.0 Å². The molecule has 5 heteroatoms. The van der Waals surface area contributed by atoms with Gasteiger partial charge in [0.25, 0.3) is 0 Å². The Hall–Kier alpha value is -1.03. The average Bonchev–Trinajstić information content (AvgIpc) is 2.39. The smallest absolute Gasteiger partial charge is 0.153 e. The molecule has 19 heavy (non-hydrogen) atoms.